The van der Waals surface area contributed by atoms with Gasteiger partial charge in [0.25, 0.3) is 0 Å². The normalized spacial score (nSPS) is 13.8. The molecule has 0 saturated carbocycles. The number of fused-ring (bicyclic) bond motifs is 4. The van der Waals surface area contributed by atoms with Crippen molar-refractivity contribution in [1.29, 1.82) is 0 Å². The second-order valence-corrected chi connectivity index (χ2v) is 9.79. The van der Waals surface area contributed by atoms with Gasteiger partial charge in [-0.25, -0.2) is 4.98 Å². The summed E-state index contributed by atoms with van der Waals surface area (Å²) in [5, 5.41) is 4.08. The molecule has 0 saturated heterocycles. The number of hydrogen-bond acceptors (Lipinski definition) is 3. The molecule has 0 aliphatic heterocycles. The molecular formula is C31H26N2O. The summed E-state index contributed by atoms with van der Waals surface area (Å²) in [5.41, 5.74) is 6.19. The molecular weight excluding hydrogens is 416 g/mol. The summed E-state index contributed by atoms with van der Waals surface area (Å²) in [6.45, 7) is 4.39. The molecule has 0 radical (unpaired) electrons. The van der Waals surface area contributed by atoms with E-state index < -0.39 is 6.85 Å². The highest BCUT2D eigenvalue weighted by Crippen LogP contribution is 2.36. The Kier molecular flexibility index (Phi) is 3.87. The molecule has 3 aromatic heterocycles. The largest absolute Gasteiger partial charge is 0.437 e. The minimum atomic E-state index is -2.29. The van der Waals surface area contributed by atoms with E-state index in [1.165, 1.54) is 16.3 Å². The average molecular weight is 446 g/mol. The fourth-order valence-corrected chi connectivity index (χ4v) is 4.53. The van der Waals surface area contributed by atoms with E-state index in [1.807, 2.05) is 30.5 Å². The first-order valence-corrected chi connectivity index (χ1v) is 11.4. The van der Waals surface area contributed by atoms with Crippen molar-refractivity contribution < 1.29 is 8.53 Å². The van der Waals surface area contributed by atoms with Gasteiger partial charge < -0.3 is 4.42 Å². The van der Waals surface area contributed by atoms with Crippen molar-refractivity contribution in [2.45, 2.75) is 33.0 Å². The summed E-state index contributed by atoms with van der Waals surface area (Å²) in [4.78, 5) is 8.93. The van der Waals surface area contributed by atoms with Crippen molar-refractivity contribution >= 4 is 32.8 Å². The molecule has 0 bridgehead atoms. The molecule has 0 aliphatic carbocycles. The van der Waals surface area contributed by atoms with Crippen LogP contribution in [0.5, 0.6) is 0 Å². The molecule has 0 fully saturated rings. The van der Waals surface area contributed by atoms with Crippen molar-refractivity contribution in [3.8, 4) is 22.4 Å². The molecule has 0 amide bonds. The third-order valence-corrected chi connectivity index (χ3v) is 6.44. The molecule has 3 nitrogen and oxygen atoms in total. The first-order valence-electron chi connectivity index (χ1n) is 12.9. The van der Waals surface area contributed by atoms with Gasteiger partial charge in [-0.3, -0.25) is 4.98 Å². The van der Waals surface area contributed by atoms with Crippen LogP contribution < -0.4 is 0 Å². The van der Waals surface area contributed by atoms with Crippen LogP contribution in [0.25, 0.3) is 55.2 Å². The Labute approximate surface area is 203 Å². The SMILES string of the molecule is [2H]C([2H])([2H])c1ccc2c(n1)oc1c(-c3cc(-c4ccc5cc(C(C)(C)C)ccc5c4)ccn3)cccc12. The molecule has 0 spiro atoms. The van der Waals surface area contributed by atoms with Crippen LogP contribution in [0, 0.1) is 6.85 Å². The Morgan fingerprint density at radius 2 is 1.62 bits per heavy atom. The number of benzene rings is 3. The van der Waals surface area contributed by atoms with Crippen LogP contribution >= 0.6 is 0 Å². The Morgan fingerprint density at radius 3 is 2.47 bits per heavy atom. The Bertz CT molecular complexity index is 1810. The minimum absolute atomic E-state index is 0.0200. The lowest BCUT2D eigenvalue weighted by atomic mass is 9.85. The van der Waals surface area contributed by atoms with Crippen molar-refractivity contribution in [2.24, 2.45) is 0 Å². The third-order valence-electron chi connectivity index (χ3n) is 6.44. The van der Waals surface area contributed by atoms with Crippen LogP contribution in [0.4, 0.5) is 0 Å². The van der Waals surface area contributed by atoms with Crippen LogP contribution in [-0.4, -0.2) is 9.97 Å². The molecule has 0 unspecified atom stereocenters. The summed E-state index contributed by atoms with van der Waals surface area (Å²) >= 11 is 0. The van der Waals surface area contributed by atoms with E-state index in [9.17, 15) is 0 Å². The van der Waals surface area contributed by atoms with Crippen molar-refractivity contribution in [2.75, 3.05) is 0 Å². The molecule has 0 atom stereocenters. The highest BCUT2D eigenvalue weighted by Gasteiger charge is 2.16. The summed E-state index contributed by atoms with van der Waals surface area (Å²) in [5.74, 6) is 0. The van der Waals surface area contributed by atoms with Gasteiger partial charge in [0.1, 0.15) is 5.58 Å². The standard InChI is InChI=1S/C31H26N2O/c1-19-8-13-26-25-6-5-7-27(29(25)34-30(26)33-19)28-18-23(14-15-32-28)20-9-10-22-17-24(31(2,3)4)12-11-21(22)16-20/h5-18H,1-4H3/i1D3. The smallest absolute Gasteiger partial charge is 0.227 e. The van der Waals surface area contributed by atoms with E-state index in [2.05, 4.69) is 73.2 Å². The topological polar surface area (TPSA) is 38.9 Å². The second kappa shape index (κ2) is 7.53. The van der Waals surface area contributed by atoms with Crippen LogP contribution in [0.2, 0.25) is 0 Å². The van der Waals surface area contributed by atoms with Gasteiger partial charge in [0.15, 0.2) is 0 Å². The minimum Gasteiger partial charge on any atom is -0.437 e. The van der Waals surface area contributed by atoms with E-state index in [0.29, 0.717) is 11.3 Å². The Hall–Kier alpha value is -3.98. The first-order chi connectivity index (χ1) is 17.6. The number of aryl methyl sites for hydroxylation is 1. The van der Waals surface area contributed by atoms with Gasteiger partial charge in [-0.1, -0.05) is 63.2 Å². The zero-order valence-corrected chi connectivity index (χ0v) is 19.4. The molecule has 166 valence electrons. The predicted octanol–water partition coefficient (Wildman–Crippen LogP) is 8.47. The molecule has 3 aromatic carbocycles. The van der Waals surface area contributed by atoms with Gasteiger partial charge in [-0.15, -0.1) is 0 Å². The third kappa shape index (κ3) is 3.45. The summed E-state index contributed by atoms with van der Waals surface area (Å²) < 4.78 is 29.1. The van der Waals surface area contributed by atoms with E-state index in [4.69, 9.17) is 8.53 Å². The molecule has 34 heavy (non-hydrogen) atoms. The summed E-state index contributed by atoms with van der Waals surface area (Å²) in [7, 11) is 0. The number of rotatable bonds is 2. The van der Waals surface area contributed by atoms with Gasteiger partial charge >= 0.3 is 0 Å². The quantitative estimate of drug-likeness (QED) is 0.268. The zero-order chi connectivity index (χ0) is 25.9. The van der Waals surface area contributed by atoms with Crippen LogP contribution in [0.3, 0.4) is 0 Å². The highest BCUT2D eigenvalue weighted by atomic mass is 16.3. The Morgan fingerprint density at radius 1 is 0.794 bits per heavy atom. The van der Waals surface area contributed by atoms with E-state index >= 15 is 0 Å². The van der Waals surface area contributed by atoms with Crippen molar-refractivity contribution in [1.82, 2.24) is 9.97 Å². The maximum Gasteiger partial charge on any atom is 0.227 e. The van der Waals surface area contributed by atoms with E-state index in [0.717, 1.165) is 33.2 Å². The number of para-hydroxylation sites is 1. The summed E-state index contributed by atoms with van der Waals surface area (Å²) in [6.07, 6.45) is 1.81. The fraction of sp³-hybridized carbons (Fsp3) is 0.161. The molecule has 3 heterocycles. The van der Waals surface area contributed by atoms with Gasteiger partial charge in [-0.05, 0) is 76.1 Å². The van der Waals surface area contributed by atoms with E-state index in [1.54, 1.807) is 12.1 Å². The van der Waals surface area contributed by atoms with Gasteiger partial charge in [0, 0.05) is 32.3 Å². The Balaban J connectivity index is 1.44. The number of furan rings is 1. The maximum atomic E-state index is 7.67. The molecule has 0 N–H and O–H groups in total. The van der Waals surface area contributed by atoms with Crippen LogP contribution in [0.1, 0.15) is 36.1 Å². The second-order valence-electron chi connectivity index (χ2n) is 9.79. The van der Waals surface area contributed by atoms with Gasteiger partial charge in [-0.2, -0.15) is 0 Å². The zero-order valence-electron chi connectivity index (χ0n) is 22.4. The molecule has 6 rings (SSSR count). The van der Waals surface area contributed by atoms with Gasteiger partial charge in [0.2, 0.25) is 5.71 Å². The fourth-order valence-electron chi connectivity index (χ4n) is 4.53. The molecule has 0 aliphatic rings. The van der Waals surface area contributed by atoms with Crippen LogP contribution in [0.15, 0.2) is 89.5 Å². The first kappa shape index (κ1) is 17.5. The number of aromatic nitrogens is 2. The van der Waals surface area contributed by atoms with Crippen LogP contribution in [-0.2, 0) is 5.41 Å². The number of pyridine rings is 2. The van der Waals surface area contributed by atoms with Gasteiger partial charge in [0.05, 0.1) is 5.69 Å². The lowest BCUT2D eigenvalue weighted by molar-refractivity contribution is 0.591. The van der Waals surface area contributed by atoms with Crippen molar-refractivity contribution in [3.63, 3.8) is 0 Å². The lowest BCUT2D eigenvalue weighted by Crippen LogP contribution is -2.10. The molecule has 3 heteroatoms. The lowest BCUT2D eigenvalue weighted by Gasteiger charge is -2.19. The molecule has 6 aromatic rings. The number of hydrogen-bond donors (Lipinski definition) is 0. The maximum absolute atomic E-state index is 7.67. The van der Waals surface area contributed by atoms with E-state index in [-0.39, 0.29) is 11.1 Å². The van der Waals surface area contributed by atoms with Crippen molar-refractivity contribution in [3.05, 3.63) is 96.3 Å². The summed E-state index contributed by atoms with van der Waals surface area (Å²) in [6, 6.07) is 26.5. The predicted molar refractivity (Wildman–Crippen MR) is 141 cm³/mol. The monoisotopic (exact) mass is 445 g/mol. The average Bonchev–Trinajstić information content (AvgIpc) is 3.25. The number of nitrogens with zero attached hydrogens (tertiary/aromatic N) is 2. The highest BCUT2D eigenvalue weighted by molar-refractivity contribution is 6.08.